The molecule has 13 heteroatoms. The number of rotatable bonds is 24. The lowest BCUT2D eigenvalue weighted by molar-refractivity contribution is -0.137. The lowest BCUT2D eigenvalue weighted by atomic mass is 9.92. The van der Waals surface area contributed by atoms with Gasteiger partial charge in [0.15, 0.2) is 0 Å². The Hall–Kier alpha value is -1.93. The van der Waals surface area contributed by atoms with Crippen LogP contribution < -0.4 is 16.0 Å². The average molecular weight is 608 g/mol. The van der Waals surface area contributed by atoms with Gasteiger partial charge in [-0.3, -0.25) is 19.2 Å². The monoisotopic (exact) mass is 607 g/mol. The van der Waals surface area contributed by atoms with Crippen molar-refractivity contribution in [1.82, 2.24) is 16.0 Å². The fraction of sp³-hybridized carbons (Fsp3) is 0.857. The first-order valence-corrected chi connectivity index (χ1v) is 15.3. The number of amides is 3. The Kier molecular flexibility index (Phi) is 21.6. The number of carboxylic acid groups (broad SMARTS) is 1. The van der Waals surface area contributed by atoms with Crippen LogP contribution in [0.25, 0.3) is 0 Å². The first-order chi connectivity index (χ1) is 19.2. The van der Waals surface area contributed by atoms with Gasteiger partial charge in [-0.2, -0.15) is 11.8 Å². The van der Waals surface area contributed by atoms with E-state index in [9.17, 15) is 19.2 Å². The van der Waals surface area contributed by atoms with Gasteiger partial charge in [-0.15, -0.1) is 0 Å². The molecule has 12 nitrogen and oxygen atoms in total. The summed E-state index contributed by atoms with van der Waals surface area (Å²) in [6.45, 7) is 15.8. The predicted octanol–water partition coefficient (Wildman–Crippen LogP) is 1.85. The van der Waals surface area contributed by atoms with Gasteiger partial charge >= 0.3 is 5.97 Å². The molecule has 0 radical (unpaired) electrons. The number of carboxylic acids is 1. The summed E-state index contributed by atoms with van der Waals surface area (Å²) in [5.41, 5.74) is 0.0366. The summed E-state index contributed by atoms with van der Waals surface area (Å²) < 4.78 is 21.7. The number of nitrogens with one attached hydrogen (secondary N) is 3. The number of hydrogen-bond acceptors (Lipinski definition) is 9. The molecule has 0 saturated heterocycles. The van der Waals surface area contributed by atoms with Crippen LogP contribution in [-0.4, -0.2) is 112 Å². The van der Waals surface area contributed by atoms with E-state index in [2.05, 4.69) is 36.7 Å². The van der Waals surface area contributed by atoms with Crippen molar-refractivity contribution in [3.05, 3.63) is 0 Å². The maximum atomic E-state index is 12.5. The summed E-state index contributed by atoms with van der Waals surface area (Å²) in [6.07, 6.45) is 0.386. The maximum Gasteiger partial charge on any atom is 0.305 e. The van der Waals surface area contributed by atoms with Gasteiger partial charge < -0.3 is 40.0 Å². The van der Waals surface area contributed by atoms with Crippen molar-refractivity contribution in [2.75, 3.05) is 77.5 Å². The van der Waals surface area contributed by atoms with Crippen molar-refractivity contribution in [3.8, 4) is 0 Å². The van der Waals surface area contributed by atoms with Crippen LogP contribution in [0.3, 0.4) is 0 Å². The van der Waals surface area contributed by atoms with E-state index in [1.54, 1.807) is 11.8 Å². The van der Waals surface area contributed by atoms with Crippen LogP contribution in [0.4, 0.5) is 0 Å². The summed E-state index contributed by atoms with van der Waals surface area (Å²) >= 11 is 1.56. The molecule has 0 unspecified atom stereocenters. The number of carbonyl (C=O) groups excluding carboxylic acids is 3. The van der Waals surface area contributed by atoms with Crippen molar-refractivity contribution in [2.24, 2.45) is 10.8 Å². The molecule has 0 aromatic carbocycles. The molecule has 0 aromatic rings. The van der Waals surface area contributed by atoms with Crippen molar-refractivity contribution in [1.29, 1.82) is 0 Å². The third-order valence-corrected chi connectivity index (χ3v) is 6.60. The molecule has 4 N–H and O–H groups in total. The van der Waals surface area contributed by atoms with E-state index in [4.69, 9.17) is 24.1 Å². The van der Waals surface area contributed by atoms with Crippen molar-refractivity contribution in [3.63, 3.8) is 0 Å². The number of ether oxygens (including phenoxy) is 4. The molecule has 0 aliphatic heterocycles. The van der Waals surface area contributed by atoms with Crippen molar-refractivity contribution < 1.29 is 43.2 Å². The summed E-state index contributed by atoms with van der Waals surface area (Å²) in [5, 5.41) is 16.9. The highest BCUT2D eigenvalue weighted by atomic mass is 32.2. The lowest BCUT2D eigenvalue weighted by Gasteiger charge is -2.21. The zero-order chi connectivity index (χ0) is 31.2. The van der Waals surface area contributed by atoms with E-state index in [1.165, 1.54) is 0 Å². The Labute approximate surface area is 249 Å². The van der Waals surface area contributed by atoms with Gasteiger partial charge in [0.25, 0.3) is 0 Å². The fourth-order valence-corrected chi connectivity index (χ4v) is 4.28. The third kappa shape index (κ3) is 28.0. The Morgan fingerprint density at radius 3 is 1.73 bits per heavy atom. The molecule has 0 bridgehead atoms. The molecular weight excluding hydrogens is 554 g/mol. The molecule has 0 aliphatic carbocycles. The summed E-state index contributed by atoms with van der Waals surface area (Å²) in [5.74, 6) is -0.499. The van der Waals surface area contributed by atoms with Gasteiger partial charge in [0.1, 0.15) is 6.04 Å². The first kappa shape index (κ1) is 39.1. The summed E-state index contributed by atoms with van der Waals surface area (Å²) in [6, 6.07) is -0.753. The quantitative estimate of drug-likeness (QED) is 0.119. The van der Waals surface area contributed by atoms with Crippen LogP contribution in [0.15, 0.2) is 0 Å². The standard InChI is InChI=1S/C28H53N3O9S/c1-27(2,3)19-24(33)29-10-12-38-14-16-40-18-17-39-15-13-37-11-8-23(32)31-22(20-41-21-28(4,5)6)26(36)30-9-7-25(34)35/h22H,7-21H2,1-6H3,(H,29,33)(H,30,36)(H,31,32)(H,34,35)/t22-/m0/s1. The van der Waals surface area contributed by atoms with E-state index < -0.39 is 17.9 Å². The van der Waals surface area contributed by atoms with Gasteiger partial charge in [0.2, 0.25) is 17.7 Å². The molecule has 0 heterocycles. The molecule has 3 amide bonds. The van der Waals surface area contributed by atoms with E-state index in [0.717, 1.165) is 5.75 Å². The van der Waals surface area contributed by atoms with Gasteiger partial charge in [-0.05, 0) is 16.6 Å². The summed E-state index contributed by atoms with van der Waals surface area (Å²) in [7, 11) is 0. The van der Waals surface area contributed by atoms with Crippen LogP contribution in [0.5, 0.6) is 0 Å². The molecule has 0 fully saturated rings. The molecule has 0 aliphatic rings. The highest BCUT2D eigenvalue weighted by Gasteiger charge is 2.22. The zero-order valence-corrected chi connectivity index (χ0v) is 26.6. The van der Waals surface area contributed by atoms with E-state index >= 15 is 0 Å². The number of carbonyl (C=O) groups is 4. The molecule has 0 saturated carbocycles. The Bertz CT molecular complexity index is 755. The normalized spacial score (nSPS) is 12.5. The Morgan fingerprint density at radius 1 is 0.683 bits per heavy atom. The van der Waals surface area contributed by atoms with Crippen LogP contribution in [0.1, 0.15) is 60.8 Å². The van der Waals surface area contributed by atoms with Gasteiger partial charge in [-0.1, -0.05) is 41.5 Å². The van der Waals surface area contributed by atoms with Crippen molar-refractivity contribution in [2.45, 2.75) is 66.8 Å². The smallest absolute Gasteiger partial charge is 0.305 e. The van der Waals surface area contributed by atoms with Crippen molar-refractivity contribution >= 4 is 35.5 Å². The zero-order valence-electron chi connectivity index (χ0n) is 25.8. The highest BCUT2D eigenvalue weighted by molar-refractivity contribution is 7.99. The second-order valence-corrected chi connectivity index (χ2v) is 12.9. The Morgan fingerprint density at radius 2 is 1.22 bits per heavy atom. The first-order valence-electron chi connectivity index (χ1n) is 14.1. The number of thioether (sulfide) groups is 1. The average Bonchev–Trinajstić information content (AvgIpc) is 2.83. The van der Waals surface area contributed by atoms with Crippen LogP contribution >= 0.6 is 11.8 Å². The summed E-state index contributed by atoms with van der Waals surface area (Å²) in [4.78, 5) is 47.2. The lowest BCUT2D eigenvalue weighted by Crippen LogP contribution is -2.49. The topological polar surface area (TPSA) is 162 Å². The molecular formula is C28H53N3O9S. The fourth-order valence-electron chi connectivity index (χ4n) is 3.08. The van der Waals surface area contributed by atoms with E-state index in [1.807, 2.05) is 20.8 Å². The number of hydrogen-bond donors (Lipinski definition) is 4. The molecule has 1 atom stereocenters. The molecule has 240 valence electrons. The van der Waals surface area contributed by atoms with Crippen LogP contribution in [0, 0.1) is 10.8 Å². The molecule has 0 rings (SSSR count). The van der Waals surface area contributed by atoms with Gasteiger partial charge in [-0.25, -0.2) is 0 Å². The highest BCUT2D eigenvalue weighted by Crippen LogP contribution is 2.21. The predicted molar refractivity (Wildman–Crippen MR) is 159 cm³/mol. The minimum absolute atomic E-state index is 0.00527. The minimum Gasteiger partial charge on any atom is -0.481 e. The van der Waals surface area contributed by atoms with E-state index in [0.29, 0.717) is 65.0 Å². The van der Waals surface area contributed by atoms with Gasteiger partial charge in [0.05, 0.1) is 59.3 Å². The van der Waals surface area contributed by atoms with Gasteiger partial charge in [0, 0.05) is 31.7 Å². The molecule has 0 spiro atoms. The molecule has 0 aromatic heterocycles. The maximum absolute atomic E-state index is 12.5. The second-order valence-electron chi connectivity index (χ2n) is 11.9. The minimum atomic E-state index is -1.00. The van der Waals surface area contributed by atoms with E-state index in [-0.39, 0.29) is 48.6 Å². The van der Waals surface area contributed by atoms with Crippen LogP contribution in [0.2, 0.25) is 0 Å². The Balaban J connectivity index is 3.86. The third-order valence-electron chi connectivity index (χ3n) is 4.96. The van der Waals surface area contributed by atoms with Crippen LogP contribution in [-0.2, 0) is 38.1 Å². The number of aliphatic carboxylic acids is 1. The largest absolute Gasteiger partial charge is 0.481 e. The second kappa shape index (κ2) is 22.6. The SMILES string of the molecule is CC(C)(C)CSC[C@H](NC(=O)CCOCCOCCOCCOCCNC(=O)CC(C)(C)C)C(=O)NCCC(=O)O. The molecule has 41 heavy (non-hydrogen) atoms.